The first-order chi connectivity index (χ1) is 20.7. The Morgan fingerprint density at radius 2 is 1.50 bits per heavy atom. The second kappa shape index (κ2) is 17.5. The van der Waals surface area contributed by atoms with Gasteiger partial charge in [0, 0.05) is 17.0 Å². The van der Waals surface area contributed by atoms with E-state index < -0.39 is 0 Å². The number of amides is 1. The fourth-order valence-corrected chi connectivity index (χ4v) is 6.10. The van der Waals surface area contributed by atoms with E-state index >= 15 is 0 Å². The number of carbonyl (C=O) groups is 1. The third-order valence-electron chi connectivity index (χ3n) is 7.48. The van der Waals surface area contributed by atoms with E-state index in [-0.39, 0.29) is 5.91 Å². The van der Waals surface area contributed by atoms with E-state index in [9.17, 15) is 4.79 Å². The summed E-state index contributed by atoms with van der Waals surface area (Å²) in [5, 5.41) is 17.8. The summed E-state index contributed by atoms with van der Waals surface area (Å²) in [6.45, 7) is 5.59. The number of nitrogens with zero attached hydrogens (tertiary/aromatic N) is 4. The molecule has 0 aliphatic carbocycles. The number of aromatic nitrogens is 4. The van der Waals surface area contributed by atoms with Crippen molar-refractivity contribution in [3.05, 3.63) is 66.2 Å². The Balaban J connectivity index is 1.28. The molecule has 1 amide bonds. The zero-order chi connectivity index (χ0) is 29.4. The second-order valence-corrected chi connectivity index (χ2v) is 11.8. The molecule has 4 aromatic rings. The highest BCUT2D eigenvalue weighted by Gasteiger charge is 2.16. The van der Waals surface area contributed by atoms with Crippen molar-refractivity contribution < 1.29 is 9.53 Å². The summed E-state index contributed by atoms with van der Waals surface area (Å²) in [6, 6.07) is 19.5. The van der Waals surface area contributed by atoms with E-state index in [0.29, 0.717) is 35.3 Å². The second-order valence-electron chi connectivity index (χ2n) is 10.8. The van der Waals surface area contributed by atoms with Crippen molar-refractivity contribution in [2.45, 2.75) is 107 Å². The van der Waals surface area contributed by atoms with E-state index in [0.717, 1.165) is 22.1 Å². The van der Waals surface area contributed by atoms with Gasteiger partial charge in [-0.2, -0.15) is 0 Å². The zero-order valence-corrected chi connectivity index (χ0v) is 26.0. The van der Waals surface area contributed by atoms with Crippen LogP contribution in [0.5, 0.6) is 5.75 Å². The molecule has 0 saturated carbocycles. The molecule has 1 heterocycles. The molecule has 1 aromatic heterocycles. The van der Waals surface area contributed by atoms with Crippen LogP contribution < -0.4 is 10.1 Å². The number of rotatable bonds is 19. The lowest BCUT2D eigenvalue weighted by Crippen LogP contribution is -2.13. The van der Waals surface area contributed by atoms with Crippen molar-refractivity contribution >= 4 is 34.1 Å². The molecule has 0 bridgehead atoms. The Kier molecular flexibility index (Phi) is 13.2. The highest BCUT2D eigenvalue weighted by molar-refractivity contribution is 7.99. The van der Waals surface area contributed by atoms with Gasteiger partial charge in [-0.15, -0.1) is 5.10 Å². The average Bonchev–Trinajstić information content (AvgIpc) is 3.47. The molecule has 3 aromatic carbocycles. The monoisotopic (exact) mass is 587 g/mol. The van der Waals surface area contributed by atoms with Crippen molar-refractivity contribution in [1.82, 2.24) is 20.2 Å². The van der Waals surface area contributed by atoms with Gasteiger partial charge in [-0.25, -0.2) is 4.68 Å². The number of nitrogens with one attached hydrogen (secondary N) is 1. The number of hydrogen-bond acceptors (Lipinski definition) is 6. The van der Waals surface area contributed by atoms with Crippen molar-refractivity contribution in [1.29, 1.82) is 0 Å². The number of aryl methyl sites for hydroxylation is 1. The molecule has 224 valence electrons. The largest absolute Gasteiger partial charge is 0.491 e. The van der Waals surface area contributed by atoms with Crippen LogP contribution in [0.1, 0.15) is 101 Å². The average molecular weight is 588 g/mol. The Bertz CT molecular complexity index is 1390. The highest BCUT2D eigenvalue weighted by Crippen LogP contribution is 2.34. The Morgan fingerprint density at radius 3 is 2.24 bits per heavy atom. The minimum atomic E-state index is -0.181. The molecule has 0 saturated heterocycles. The number of tetrazole rings is 1. The number of unbranched alkanes of at least 4 members (excludes halogenated alkanes) is 11. The number of para-hydroxylation sites is 2. The molecule has 1 N–H and O–H groups in total. The minimum Gasteiger partial charge on any atom is -0.491 e. The predicted octanol–water partition coefficient (Wildman–Crippen LogP) is 9.33. The summed E-state index contributed by atoms with van der Waals surface area (Å²) in [5.74, 6) is 0.519. The maximum atomic E-state index is 13.5. The summed E-state index contributed by atoms with van der Waals surface area (Å²) in [6.07, 6.45) is 15.7. The number of hydrogen-bond donors (Lipinski definition) is 1. The van der Waals surface area contributed by atoms with Crippen LogP contribution in [-0.4, -0.2) is 32.7 Å². The van der Waals surface area contributed by atoms with Crippen LogP contribution in [0, 0.1) is 0 Å². The summed E-state index contributed by atoms with van der Waals surface area (Å²) < 4.78 is 7.86. The van der Waals surface area contributed by atoms with Gasteiger partial charge in [0.25, 0.3) is 5.91 Å². The van der Waals surface area contributed by atoms with Gasteiger partial charge in [-0.1, -0.05) is 114 Å². The number of anilines is 1. The number of ether oxygens (including phenoxy) is 1. The predicted molar refractivity (Wildman–Crippen MR) is 173 cm³/mol. The molecule has 0 aliphatic rings. The van der Waals surface area contributed by atoms with Gasteiger partial charge < -0.3 is 10.1 Å². The topological polar surface area (TPSA) is 81.9 Å². The van der Waals surface area contributed by atoms with Crippen molar-refractivity contribution in [2.24, 2.45) is 0 Å². The van der Waals surface area contributed by atoms with E-state index in [2.05, 4.69) is 33.8 Å². The van der Waals surface area contributed by atoms with E-state index in [1.54, 1.807) is 4.68 Å². The van der Waals surface area contributed by atoms with Crippen LogP contribution in [0.25, 0.3) is 10.8 Å². The molecule has 0 aliphatic heterocycles. The molecule has 42 heavy (non-hydrogen) atoms. The first-order valence-corrected chi connectivity index (χ1v) is 16.5. The summed E-state index contributed by atoms with van der Waals surface area (Å²) in [4.78, 5) is 14.4. The van der Waals surface area contributed by atoms with Crippen LogP contribution in [0.3, 0.4) is 0 Å². The third kappa shape index (κ3) is 9.58. The number of fused-ring (bicyclic) bond motifs is 1. The normalized spacial score (nSPS) is 11.2. The Labute approximate surface area is 254 Å². The van der Waals surface area contributed by atoms with Crippen LogP contribution >= 0.6 is 11.8 Å². The molecular weight excluding hydrogens is 542 g/mol. The van der Waals surface area contributed by atoms with Crippen molar-refractivity contribution in [3.8, 4) is 5.75 Å². The van der Waals surface area contributed by atoms with Crippen molar-refractivity contribution in [2.75, 3.05) is 11.9 Å². The maximum absolute atomic E-state index is 13.5. The van der Waals surface area contributed by atoms with Gasteiger partial charge in [0.1, 0.15) is 5.75 Å². The SMILES string of the molecule is CCCCCCCCCCCCCCOc1ccccc1NC(=O)c1cc(Sc2nnnn2CC)c2ccccc2c1. The molecule has 0 radical (unpaired) electrons. The molecule has 0 atom stereocenters. The van der Waals surface area contributed by atoms with Gasteiger partial charge in [0.2, 0.25) is 5.16 Å². The summed E-state index contributed by atoms with van der Waals surface area (Å²) >= 11 is 1.46. The first-order valence-electron chi connectivity index (χ1n) is 15.7. The van der Waals surface area contributed by atoms with Crippen molar-refractivity contribution in [3.63, 3.8) is 0 Å². The maximum Gasteiger partial charge on any atom is 0.255 e. The number of benzene rings is 3. The molecule has 8 heteroatoms. The summed E-state index contributed by atoms with van der Waals surface area (Å²) in [5.41, 5.74) is 1.25. The smallest absolute Gasteiger partial charge is 0.255 e. The Hall–Kier alpha value is -3.39. The van der Waals surface area contributed by atoms with Crippen LogP contribution in [0.4, 0.5) is 5.69 Å². The standard InChI is InChI=1S/C34H45N5O2S/c1-3-5-6-7-8-9-10-11-12-13-14-19-24-41-31-23-18-17-22-30(31)35-33(40)28-25-27-20-15-16-21-29(27)32(26-28)42-34-36-37-38-39(34)4-2/h15-18,20-23,25-26H,3-14,19,24H2,1-2H3,(H,35,40). The van der Waals surface area contributed by atoms with E-state index in [4.69, 9.17) is 4.74 Å². The Morgan fingerprint density at radius 1 is 0.833 bits per heavy atom. The van der Waals surface area contributed by atoms with Gasteiger partial charge >= 0.3 is 0 Å². The molecule has 4 rings (SSSR count). The molecular formula is C34H45N5O2S. The molecule has 0 spiro atoms. The van der Waals surface area contributed by atoms with Gasteiger partial charge in [0.05, 0.1) is 12.3 Å². The van der Waals surface area contributed by atoms with E-state index in [1.807, 2.05) is 61.5 Å². The summed E-state index contributed by atoms with van der Waals surface area (Å²) in [7, 11) is 0. The molecule has 7 nitrogen and oxygen atoms in total. The fourth-order valence-electron chi connectivity index (χ4n) is 5.07. The zero-order valence-electron chi connectivity index (χ0n) is 25.2. The van der Waals surface area contributed by atoms with Gasteiger partial charge in [-0.3, -0.25) is 4.79 Å². The lowest BCUT2D eigenvalue weighted by Gasteiger charge is -2.14. The van der Waals surface area contributed by atoms with Crippen LogP contribution in [0.2, 0.25) is 0 Å². The van der Waals surface area contributed by atoms with Gasteiger partial charge in [0.15, 0.2) is 0 Å². The van der Waals surface area contributed by atoms with Crippen LogP contribution in [0.15, 0.2) is 70.7 Å². The first kappa shape index (κ1) is 31.5. The number of carbonyl (C=O) groups excluding carboxylic acids is 1. The van der Waals surface area contributed by atoms with Gasteiger partial charge in [-0.05, 0) is 70.6 Å². The molecule has 0 unspecified atom stereocenters. The van der Waals surface area contributed by atoms with Crippen LogP contribution in [-0.2, 0) is 6.54 Å². The van der Waals surface area contributed by atoms with E-state index in [1.165, 1.54) is 82.4 Å². The fraction of sp³-hybridized carbons (Fsp3) is 0.471. The highest BCUT2D eigenvalue weighted by atomic mass is 32.2. The lowest BCUT2D eigenvalue weighted by atomic mass is 10.1. The lowest BCUT2D eigenvalue weighted by molar-refractivity contribution is 0.102. The quantitative estimate of drug-likeness (QED) is 0.110. The minimum absolute atomic E-state index is 0.181. The third-order valence-corrected chi connectivity index (χ3v) is 8.51. The molecule has 0 fully saturated rings.